The van der Waals surface area contributed by atoms with Gasteiger partial charge in [0.05, 0.1) is 19.6 Å². The summed E-state index contributed by atoms with van der Waals surface area (Å²) in [7, 11) is 1.61. The van der Waals surface area contributed by atoms with Crippen LogP contribution in [0.1, 0.15) is 29.7 Å². The van der Waals surface area contributed by atoms with Gasteiger partial charge in [-0.1, -0.05) is 34.1 Å². The van der Waals surface area contributed by atoms with E-state index in [1.54, 1.807) is 19.5 Å². The van der Waals surface area contributed by atoms with Gasteiger partial charge in [0.15, 0.2) is 11.5 Å². The smallest absolute Gasteiger partial charge is 0.224 e. The van der Waals surface area contributed by atoms with Crippen LogP contribution in [0.3, 0.4) is 0 Å². The Bertz CT molecular complexity index is 946. The van der Waals surface area contributed by atoms with Crippen LogP contribution in [0, 0.1) is 0 Å². The van der Waals surface area contributed by atoms with E-state index < -0.39 is 0 Å². The molecule has 1 N–H and O–H groups in total. The molecule has 0 radical (unpaired) electrons. The summed E-state index contributed by atoms with van der Waals surface area (Å²) in [5.74, 6) is 1.25. The van der Waals surface area contributed by atoms with Gasteiger partial charge in [0.2, 0.25) is 5.91 Å². The lowest BCUT2D eigenvalue weighted by Crippen LogP contribution is -2.28. The van der Waals surface area contributed by atoms with Crippen molar-refractivity contribution in [3.8, 4) is 11.5 Å². The average Bonchev–Trinajstić information content (AvgIpc) is 2.74. The SMILES string of the molecule is COc1cc(C(C)NC(=O)Cc2ccc(Br)cc2)ccc1OCc1ccncc1. The molecule has 0 spiro atoms. The van der Waals surface area contributed by atoms with E-state index in [0.29, 0.717) is 24.5 Å². The third-order valence-corrected chi connectivity index (χ3v) is 5.02. The van der Waals surface area contributed by atoms with Crippen molar-refractivity contribution in [2.75, 3.05) is 7.11 Å². The second kappa shape index (κ2) is 10.1. The molecule has 0 fully saturated rings. The lowest BCUT2D eigenvalue weighted by Gasteiger charge is -2.17. The molecule has 3 aromatic rings. The molecule has 5 nitrogen and oxygen atoms in total. The molecule has 0 bridgehead atoms. The topological polar surface area (TPSA) is 60.5 Å². The fourth-order valence-corrected chi connectivity index (χ4v) is 3.14. The normalized spacial score (nSPS) is 11.6. The van der Waals surface area contributed by atoms with Crippen LogP contribution < -0.4 is 14.8 Å². The van der Waals surface area contributed by atoms with Crippen LogP contribution in [0.4, 0.5) is 0 Å². The maximum Gasteiger partial charge on any atom is 0.224 e. The predicted octanol–water partition coefficient (Wildman–Crippen LogP) is 4.85. The molecule has 1 amide bonds. The van der Waals surface area contributed by atoms with Crippen molar-refractivity contribution in [3.05, 3.63) is 88.2 Å². The van der Waals surface area contributed by atoms with Crippen LogP contribution in [-0.2, 0) is 17.8 Å². The summed E-state index contributed by atoms with van der Waals surface area (Å²) in [6.07, 6.45) is 3.80. The lowest BCUT2D eigenvalue weighted by molar-refractivity contribution is -0.121. The molecule has 0 saturated heterocycles. The van der Waals surface area contributed by atoms with E-state index in [1.165, 1.54) is 0 Å². The van der Waals surface area contributed by atoms with Crippen LogP contribution in [0.2, 0.25) is 0 Å². The second-order valence-electron chi connectivity index (χ2n) is 6.65. The van der Waals surface area contributed by atoms with Crippen molar-refractivity contribution >= 4 is 21.8 Å². The van der Waals surface area contributed by atoms with Crippen LogP contribution in [0.25, 0.3) is 0 Å². The first kappa shape index (κ1) is 20.9. The first-order valence-electron chi connectivity index (χ1n) is 9.28. The molecule has 3 rings (SSSR count). The van der Waals surface area contributed by atoms with E-state index in [9.17, 15) is 4.79 Å². The minimum atomic E-state index is -0.152. The fourth-order valence-electron chi connectivity index (χ4n) is 2.88. The third kappa shape index (κ3) is 6.06. The van der Waals surface area contributed by atoms with Gasteiger partial charge >= 0.3 is 0 Å². The highest BCUT2D eigenvalue weighted by Gasteiger charge is 2.13. The van der Waals surface area contributed by atoms with Gasteiger partial charge in [-0.2, -0.15) is 0 Å². The first-order valence-corrected chi connectivity index (χ1v) is 10.1. The summed E-state index contributed by atoms with van der Waals surface area (Å²) in [6.45, 7) is 2.38. The Labute approximate surface area is 179 Å². The number of amides is 1. The number of carbonyl (C=O) groups is 1. The fraction of sp³-hybridized carbons (Fsp3) is 0.217. The van der Waals surface area contributed by atoms with Gasteiger partial charge in [-0.3, -0.25) is 9.78 Å². The highest BCUT2D eigenvalue weighted by molar-refractivity contribution is 9.10. The van der Waals surface area contributed by atoms with Crippen molar-refractivity contribution in [3.63, 3.8) is 0 Å². The van der Waals surface area contributed by atoms with Crippen molar-refractivity contribution < 1.29 is 14.3 Å². The zero-order chi connectivity index (χ0) is 20.6. The third-order valence-electron chi connectivity index (χ3n) is 4.49. The molecule has 0 saturated carbocycles. The lowest BCUT2D eigenvalue weighted by atomic mass is 10.1. The Hall–Kier alpha value is -2.86. The van der Waals surface area contributed by atoms with E-state index in [1.807, 2.05) is 61.5 Å². The Morgan fingerprint density at radius 1 is 1.03 bits per heavy atom. The van der Waals surface area contributed by atoms with E-state index >= 15 is 0 Å². The molecule has 0 aliphatic rings. The number of pyridine rings is 1. The molecule has 150 valence electrons. The number of halogens is 1. The molecule has 29 heavy (non-hydrogen) atoms. The number of ether oxygens (including phenoxy) is 2. The van der Waals surface area contributed by atoms with Crippen molar-refractivity contribution in [2.24, 2.45) is 0 Å². The van der Waals surface area contributed by atoms with E-state index in [4.69, 9.17) is 9.47 Å². The molecule has 1 atom stereocenters. The van der Waals surface area contributed by atoms with Crippen LogP contribution >= 0.6 is 15.9 Å². The molecule has 0 aliphatic heterocycles. The van der Waals surface area contributed by atoms with Gasteiger partial charge in [0.1, 0.15) is 6.61 Å². The maximum absolute atomic E-state index is 12.4. The summed E-state index contributed by atoms with van der Waals surface area (Å²) >= 11 is 3.40. The van der Waals surface area contributed by atoms with Crippen LogP contribution in [0.15, 0.2) is 71.5 Å². The number of rotatable bonds is 8. The predicted molar refractivity (Wildman–Crippen MR) is 116 cm³/mol. The quantitative estimate of drug-likeness (QED) is 0.528. The summed E-state index contributed by atoms with van der Waals surface area (Å²) < 4.78 is 12.4. The van der Waals surface area contributed by atoms with Crippen LogP contribution in [-0.4, -0.2) is 18.0 Å². The number of methoxy groups -OCH3 is 1. The summed E-state index contributed by atoms with van der Waals surface area (Å²) in [5.41, 5.74) is 2.94. The van der Waals surface area contributed by atoms with Crippen LogP contribution in [0.5, 0.6) is 11.5 Å². The Balaban J connectivity index is 1.61. The number of nitrogens with zero attached hydrogens (tertiary/aromatic N) is 1. The molecule has 1 heterocycles. The molecule has 6 heteroatoms. The molecule has 2 aromatic carbocycles. The minimum absolute atomic E-state index is 0.0307. The van der Waals surface area contributed by atoms with E-state index in [0.717, 1.165) is 21.2 Å². The number of aromatic nitrogens is 1. The van der Waals surface area contributed by atoms with E-state index in [-0.39, 0.29) is 11.9 Å². The minimum Gasteiger partial charge on any atom is -0.493 e. The largest absolute Gasteiger partial charge is 0.493 e. The molecule has 1 aromatic heterocycles. The maximum atomic E-state index is 12.4. The Morgan fingerprint density at radius 2 is 1.76 bits per heavy atom. The average molecular weight is 455 g/mol. The Kier molecular flexibility index (Phi) is 7.25. The van der Waals surface area contributed by atoms with Gasteiger partial charge in [-0.15, -0.1) is 0 Å². The summed E-state index contributed by atoms with van der Waals surface area (Å²) in [6, 6.07) is 17.1. The standard InChI is InChI=1S/C23H23BrN2O3/c1-16(26-23(27)13-17-3-6-20(24)7-4-17)19-5-8-21(22(14-19)28-2)29-15-18-9-11-25-12-10-18/h3-12,14,16H,13,15H2,1-2H3,(H,26,27). The van der Waals surface area contributed by atoms with Crippen molar-refractivity contribution in [2.45, 2.75) is 26.0 Å². The van der Waals surface area contributed by atoms with E-state index in [2.05, 4.69) is 26.2 Å². The van der Waals surface area contributed by atoms with Crippen molar-refractivity contribution in [1.82, 2.24) is 10.3 Å². The van der Waals surface area contributed by atoms with Crippen molar-refractivity contribution in [1.29, 1.82) is 0 Å². The molecular weight excluding hydrogens is 432 g/mol. The summed E-state index contributed by atoms with van der Waals surface area (Å²) in [5, 5.41) is 3.03. The number of benzene rings is 2. The second-order valence-corrected chi connectivity index (χ2v) is 7.56. The first-order chi connectivity index (χ1) is 14.0. The molecule has 1 unspecified atom stereocenters. The molecular formula is C23H23BrN2O3. The highest BCUT2D eigenvalue weighted by atomic mass is 79.9. The number of carbonyl (C=O) groups excluding carboxylic acids is 1. The van der Waals surface area contributed by atoms with Gasteiger partial charge in [-0.05, 0) is 60.0 Å². The molecule has 0 aliphatic carbocycles. The zero-order valence-electron chi connectivity index (χ0n) is 16.4. The number of hydrogen-bond acceptors (Lipinski definition) is 4. The highest BCUT2D eigenvalue weighted by Crippen LogP contribution is 2.31. The van der Waals surface area contributed by atoms with Gasteiger partial charge in [0.25, 0.3) is 0 Å². The van der Waals surface area contributed by atoms with Gasteiger partial charge in [0, 0.05) is 16.9 Å². The summed E-state index contributed by atoms with van der Waals surface area (Å²) in [4.78, 5) is 16.4. The van der Waals surface area contributed by atoms with Gasteiger partial charge < -0.3 is 14.8 Å². The monoisotopic (exact) mass is 454 g/mol. The number of nitrogens with one attached hydrogen (secondary N) is 1. The van der Waals surface area contributed by atoms with Gasteiger partial charge in [-0.25, -0.2) is 0 Å². The zero-order valence-corrected chi connectivity index (χ0v) is 18.0. The Morgan fingerprint density at radius 3 is 2.45 bits per heavy atom. The number of hydrogen-bond donors (Lipinski definition) is 1.